The average Bonchev–Trinajstić information content (AvgIpc) is 2.84. The molecule has 0 fully saturated rings. The molecular formula is C10H12FN5O2S. The summed E-state index contributed by atoms with van der Waals surface area (Å²) in [6.07, 6.45) is 1.34. The first kappa shape index (κ1) is 13.4. The number of nitrogens with zero attached hydrogens (tertiary/aromatic N) is 2. The maximum Gasteiger partial charge on any atom is 0.238 e. The number of benzene rings is 1. The third-order valence-corrected chi connectivity index (χ3v) is 3.40. The van der Waals surface area contributed by atoms with Crippen molar-refractivity contribution in [3.05, 3.63) is 36.2 Å². The fourth-order valence-corrected chi connectivity index (χ4v) is 2.04. The standard InChI is InChI=1S/C10H12FN5O2S/c1-6(10-13-5-14-16-10)15-9-3-2-7(4-8(9)11)19(12,17)18/h2-6,15H,1H3,(H2,12,17,18)(H,13,14,16). The van der Waals surface area contributed by atoms with Gasteiger partial charge in [-0.25, -0.2) is 22.9 Å². The second-order valence-corrected chi connectivity index (χ2v) is 5.48. The molecule has 0 aliphatic carbocycles. The van der Waals surface area contributed by atoms with Crippen LogP contribution in [0.5, 0.6) is 0 Å². The molecule has 1 atom stereocenters. The minimum atomic E-state index is -3.91. The number of rotatable bonds is 4. The zero-order valence-electron chi connectivity index (χ0n) is 9.96. The van der Waals surface area contributed by atoms with Crippen molar-refractivity contribution in [1.29, 1.82) is 0 Å². The average molecular weight is 285 g/mol. The van der Waals surface area contributed by atoms with Gasteiger partial charge in [-0.05, 0) is 25.1 Å². The fraction of sp³-hybridized carbons (Fsp3) is 0.200. The molecule has 0 saturated carbocycles. The lowest BCUT2D eigenvalue weighted by atomic mass is 10.2. The zero-order valence-corrected chi connectivity index (χ0v) is 10.8. The number of aromatic nitrogens is 3. The van der Waals surface area contributed by atoms with E-state index in [1.807, 2.05) is 0 Å². The molecule has 102 valence electrons. The Morgan fingerprint density at radius 3 is 2.74 bits per heavy atom. The van der Waals surface area contributed by atoms with Crippen molar-refractivity contribution >= 4 is 15.7 Å². The molecule has 1 heterocycles. The molecule has 0 amide bonds. The van der Waals surface area contributed by atoms with Crippen LogP contribution < -0.4 is 10.5 Å². The van der Waals surface area contributed by atoms with Crippen LogP contribution in [0.3, 0.4) is 0 Å². The van der Waals surface area contributed by atoms with E-state index in [0.29, 0.717) is 5.82 Å². The van der Waals surface area contributed by atoms with Crippen LogP contribution in [0.2, 0.25) is 0 Å². The molecule has 7 nitrogen and oxygen atoms in total. The van der Waals surface area contributed by atoms with Gasteiger partial charge in [-0.1, -0.05) is 0 Å². The third-order valence-electron chi connectivity index (χ3n) is 2.48. The molecule has 1 unspecified atom stereocenters. The molecule has 1 aromatic heterocycles. The number of sulfonamides is 1. The van der Waals surface area contributed by atoms with Gasteiger partial charge >= 0.3 is 0 Å². The number of hydrogen-bond acceptors (Lipinski definition) is 5. The van der Waals surface area contributed by atoms with Crippen LogP contribution in [0.4, 0.5) is 10.1 Å². The molecular weight excluding hydrogens is 273 g/mol. The Morgan fingerprint density at radius 2 is 2.21 bits per heavy atom. The van der Waals surface area contributed by atoms with Crippen molar-refractivity contribution in [2.24, 2.45) is 5.14 Å². The van der Waals surface area contributed by atoms with Crippen LogP contribution in [0.1, 0.15) is 18.8 Å². The first-order chi connectivity index (χ1) is 8.88. The monoisotopic (exact) mass is 285 g/mol. The lowest BCUT2D eigenvalue weighted by Gasteiger charge is -2.13. The van der Waals surface area contributed by atoms with Crippen LogP contribution in [0.25, 0.3) is 0 Å². The summed E-state index contributed by atoms with van der Waals surface area (Å²) < 4.78 is 35.9. The predicted molar refractivity (Wildman–Crippen MR) is 66.2 cm³/mol. The predicted octanol–water partition coefficient (Wildman–Crippen LogP) is 0.764. The number of aromatic amines is 1. The van der Waals surface area contributed by atoms with E-state index in [1.54, 1.807) is 6.92 Å². The summed E-state index contributed by atoms with van der Waals surface area (Å²) in [7, 11) is -3.91. The highest BCUT2D eigenvalue weighted by molar-refractivity contribution is 7.89. The Hall–Kier alpha value is -2.00. The number of nitrogens with one attached hydrogen (secondary N) is 2. The highest BCUT2D eigenvalue weighted by atomic mass is 32.2. The maximum atomic E-state index is 13.8. The lowest BCUT2D eigenvalue weighted by molar-refractivity contribution is 0.592. The number of anilines is 1. The Morgan fingerprint density at radius 1 is 1.47 bits per heavy atom. The Balaban J connectivity index is 2.23. The van der Waals surface area contributed by atoms with Crippen molar-refractivity contribution in [2.75, 3.05) is 5.32 Å². The van der Waals surface area contributed by atoms with E-state index in [2.05, 4.69) is 20.5 Å². The number of hydrogen-bond donors (Lipinski definition) is 3. The van der Waals surface area contributed by atoms with Gasteiger partial charge in [0.25, 0.3) is 0 Å². The smallest absolute Gasteiger partial charge is 0.238 e. The molecule has 2 rings (SSSR count). The fourth-order valence-electron chi connectivity index (χ4n) is 1.52. The molecule has 0 bridgehead atoms. The van der Waals surface area contributed by atoms with Gasteiger partial charge < -0.3 is 5.32 Å². The second kappa shape index (κ2) is 4.94. The molecule has 0 aliphatic rings. The van der Waals surface area contributed by atoms with E-state index in [1.165, 1.54) is 18.5 Å². The number of nitrogens with two attached hydrogens (primary N) is 1. The van der Waals surface area contributed by atoms with E-state index in [4.69, 9.17) is 5.14 Å². The van der Waals surface area contributed by atoms with Crippen LogP contribution in [0.15, 0.2) is 29.4 Å². The van der Waals surface area contributed by atoms with Gasteiger partial charge in [0, 0.05) is 0 Å². The van der Waals surface area contributed by atoms with Crippen LogP contribution >= 0.6 is 0 Å². The van der Waals surface area contributed by atoms with Crippen molar-refractivity contribution in [1.82, 2.24) is 15.2 Å². The van der Waals surface area contributed by atoms with Crippen molar-refractivity contribution in [3.8, 4) is 0 Å². The molecule has 4 N–H and O–H groups in total. The van der Waals surface area contributed by atoms with Crippen LogP contribution in [-0.2, 0) is 10.0 Å². The minimum absolute atomic E-state index is 0.149. The normalized spacial score (nSPS) is 13.2. The summed E-state index contributed by atoms with van der Waals surface area (Å²) in [4.78, 5) is 3.66. The second-order valence-electron chi connectivity index (χ2n) is 3.92. The van der Waals surface area contributed by atoms with Gasteiger partial charge in [0.15, 0.2) is 0 Å². The summed E-state index contributed by atoms with van der Waals surface area (Å²) >= 11 is 0. The first-order valence-corrected chi connectivity index (χ1v) is 6.86. The van der Waals surface area contributed by atoms with E-state index < -0.39 is 15.8 Å². The van der Waals surface area contributed by atoms with Crippen molar-refractivity contribution in [2.45, 2.75) is 17.9 Å². The molecule has 2 aromatic rings. The highest BCUT2D eigenvalue weighted by Crippen LogP contribution is 2.22. The first-order valence-electron chi connectivity index (χ1n) is 5.32. The molecule has 0 spiro atoms. The summed E-state index contributed by atoms with van der Waals surface area (Å²) in [5.74, 6) is -0.173. The van der Waals surface area contributed by atoms with Crippen LogP contribution in [0, 0.1) is 5.82 Å². The molecule has 1 aromatic carbocycles. The minimum Gasteiger partial charge on any atom is -0.373 e. The number of halogens is 1. The molecule has 9 heteroatoms. The van der Waals surface area contributed by atoms with Gasteiger partial charge in [0.2, 0.25) is 10.0 Å². The van der Waals surface area contributed by atoms with E-state index in [9.17, 15) is 12.8 Å². The summed E-state index contributed by atoms with van der Waals surface area (Å²) in [6, 6.07) is 3.10. The third kappa shape index (κ3) is 3.06. The van der Waals surface area contributed by atoms with E-state index >= 15 is 0 Å². The van der Waals surface area contributed by atoms with E-state index in [0.717, 1.165) is 6.07 Å². The lowest BCUT2D eigenvalue weighted by Crippen LogP contribution is -2.14. The Kier molecular flexibility index (Phi) is 3.49. The molecule has 0 aliphatic heterocycles. The summed E-state index contributed by atoms with van der Waals surface area (Å²) in [6.45, 7) is 1.76. The van der Waals surface area contributed by atoms with Gasteiger partial charge in [-0.15, -0.1) is 0 Å². The van der Waals surface area contributed by atoms with Crippen molar-refractivity contribution in [3.63, 3.8) is 0 Å². The zero-order chi connectivity index (χ0) is 14.0. The molecule has 0 radical (unpaired) electrons. The van der Waals surface area contributed by atoms with Gasteiger partial charge in [0.05, 0.1) is 16.6 Å². The molecule has 19 heavy (non-hydrogen) atoms. The summed E-state index contributed by atoms with van der Waals surface area (Å²) in [5.41, 5.74) is 0.149. The topological polar surface area (TPSA) is 114 Å². The maximum absolute atomic E-state index is 13.8. The van der Waals surface area contributed by atoms with Gasteiger partial charge in [-0.3, -0.25) is 5.10 Å². The quantitative estimate of drug-likeness (QED) is 0.767. The Bertz CT molecular complexity index is 671. The highest BCUT2D eigenvalue weighted by Gasteiger charge is 2.14. The largest absolute Gasteiger partial charge is 0.373 e. The van der Waals surface area contributed by atoms with Crippen molar-refractivity contribution < 1.29 is 12.8 Å². The van der Waals surface area contributed by atoms with E-state index in [-0.39, 0.29) is 16.6 Å². The Labute approximate surface area is 109 Å². The molecule has 0 saturated heterocycles. The summed E-state index contributed by atoms with van der Waals surface area (Å²) in [5, 5.41) is 14.1. The SMILES string of the molecule is CC(Nc1ccc(S(N)(=O)=O)cc1F)c1ncn[nH]1. The van der Waals surface area contributed by atoms with Gasteiger partial charge in [0.1, 0.15) is 18.0 Å². The van der Waals surface area contributed by atoms with Gasteiger partial charge in [-0.2, -0.15) is 5.10 Å². The number of primary sulfonamides is 1. The number of H-pyrrole nitrogens is 1. The van der Waals surface area contributed by atoms with Crippen LogP contribution in [-0.4, -0.2) is 23.6 Å².